The Morgan fingerprint density at radius 3 is 2.10 bits per heavy atom. The number of nitrogens with zero attached hydrogens (tertiary/aromatic N) is 7. The van der Waals surface area contributed by atoms with Crippen molar-refractivity contribution in [3.05, 3.63) is 67.0 Å². The Balaban J connectivity index is 0.00000196. The fourth-order valence-corrected chi connectivity index (χ4v) is 2.83. The summed E-state index contributed by atoms with van der Waals surface area (Å²) in [6, 6.07) is 7.62. The van der Waals surface area contributed by atoms with Crippen molar-refractivity contribution in [1.29, 1.82) is 0 Å². The zero-order valence-corrected chi connectivity index (χ0v) is 17.7. The van der Waals surface area contributed by atoms with Gasteiger partial charge in [0.05, 0.1) is 19.2 Å². The molecule has 0 amide bonds. The van der Waals surface area contributed by atoms with E-state index in [1.165, 1.54) is 0 Å². The van der Waals surface area contributed by atoms with E-state index in [-0.39, 0.29) is 47.1 Å². The van der Waals surface area contributed by atoms with E-state index in [9.17, 15) is 0 Å². The first-order valence-corrected chi connectivity index (χ1v) is 8.01. The van der Waals surface area contributed by atoms with Crippen molar-refractivity contribution in [3.63, 3.8) is 0 Å². The predicted octanol–water partition coefficient (Wildman–Crippen LogP) is -4.85. The number of rotatable bonds is 7. The fourth-order valence-electron chi connectivity index (χ4n) is 2.83. The van der Waals surface area contributed by atoms with Crippen LogP contribution in [0, 0.1) is 0 Å². The third kappa shape index (κ3) is 5.50. The summed E-state index contributed by atoms with van der Waals surface area (Å²) in [5.74, 6) is -0.840. The van der Waals surface area contributed by atoms with Crippen LogP contribution in [0.15, 0.2) is 66.5 Å². The van der Waals surface area contributed by atoms with Crippen molar-refractivity contribution in [2.75, 3.05) is 6.61 Å². The molecule has 4 rings (SSSR count). The molecule has 0 fully saturated rings. The molecule has 29 heavy (non-hydrogen) atoms. The Bertz CT molecular complexity index is 840. The van der Waals surface area contributed by atoms with Gasteiger partial charge < -0.3 is 35.0 Å². The third-order valence-electron chi connectivity index (χ3n) is 4.01. The largest absolute Gasteiger partial charge is 2.00 e. The van der Waals surface area contributed by atoms with E-state index in [0.717, 1.165) is 12.0 Å². The van der Waals surface area contributed by atoms with Crippen LogP contribution in [-0.2, 0) is 33.9 Å². The molecule has 0 spiro atoms. The van der Waals surface area contributed by atoms with Gasteiger partial charge in [0.1, 0.15) is 0 Å². The monoisotopic (exact) mass is 482 g/mol. The van der Waals surface area contributed by atoms with Crippen LogP contribution in [0.2, 0.25) is 0 Å². The van der Waals surface area contributed by atoms with Gasteiger partial charge in [-0.2, -0.15) is 19.6 Å². The normalized spacial score (nSPS) is 12.1. The van der Waals surface area contributed by atoms with Gasteiger partial charge in [-0.1, -0.05) is 0 Å². The van der Waals surface area contributed by atoms with Crippen molar-refractivity contribution < 1.29 is 56.5 Å². The third-order valence-corrected chi connectivity index (χ3v) is 4.01. The molecule has 1 radical (unpaired) electrons. The average molecular weight is 483 g/mol. The zero-order chi connectivity index (χ0) is 17.0. The van der Waals surface area contributed by atoms with Gasteiger partial charge in [-0.15, -0.1) is 0 Å². The van der Waals surface area contributed by atoms with Gasteiger partial charge in [-0.05, 0) is 39.6 Å². The standard InChI is InChI=1S/C17H18N7O.2ClH.Co.H2O/c1-6-19-22(11-1)17(23-12-2-7-20-23,24-13-3-8-21-24)15-25-14-16-4-9-18-10-5-16;;;;/h1-2,4-13H,3,14-15H2;2*1H;;1H2/q+1;;;+2;/p-3. The van der Waals surface area contributed by atoms with E-state index in [1.54, 1.807) is 24.8 Å². The van der Waals surface area contributed by atoms with Gasteiger partial charge >= 0.3 is 22.6 Å². The smallest absolute Gasteiger partial charge is 1.00 e. The summed E-state index contributed by atoms with van der Waals surface area (Å²) >= 11 is 0. The summed E-state index contributed by atoms with van der Waals surface area (Å²) < 4.78 is 11.5. The van der Waals surface area contributed by atoms with Crippen LogP contribution in [0.3, 0.4) is 0 Å². The number of hydrogen-bond acceptors (Lipinski definition) is 6. The van der Waals surface area contributed by atoms with E-state index < -0.39 is 5.79 Å². The number of aromatic nitrogens is 5. The molecule has 1 aliphatic rings. The Morgan fingerprint density at radius 2 is 1.62 bits per heavy atom. The number of pyridine rings is 1. The summed E-state index contributed by atoms with van der Waals surface area (Å²) in [6.07, 6.45) is 15.4. The molecule has 12 heteroatoms. The fraction of sp³-hybridized carbons (Fsp3) is 0.235. The minimum atomic E-state index is -0.840. The minimum Gasteiger partial charge on any atom is -1.00 e. The Labute approximate surface area is 190 Å². The summed E-state index contributed by atoms with van der Waals surface area (Å²) in [4.78, 5) is 4.03. The average Bonchev–Trinajstić information content (AvgIpc) is 3.44. The van der Waals surface area contributed by atoms with Crippen molar-refractivity contribution in [1.82, 2.24) is 24.5 Å². The van der Waals surface area contributed by atoms with Gasteiger partial charge in [0.2, 0.25) is 0 Å². The molecule has 0 saturated carbocycles. The number of hydrogen-bond donors (Lipinski definition) is 0. The predicted molar refractivity (Wildman–Crippen MR) is 93.1 cm³/mol. The first kappa shape index (κ1) is 26.9. The van der Waals surface area contributed by atoms with Crippen molar-refractivity contribution in [3.8, 4) is 0 Å². The van der Waals surface area contributed by atoms with E-state index >= 15 is 0 Å². The maximum atomic E-state index is 6.06. The second-order valence-corrected chi connectivity index (χ2v) is 5.58. The summed E-state index contributed by atoms with van der Waals surface area (Å²) in [6.45, 7) is 0.775. The maximum absolute atomic E-state index is 6.06. The summed E-state index contributed by atoms with van der Waals surface area (Å²) in [7, 11) is 0. The molecule has 0 aliphatic carbocycles. The van der Waals surface area contributed by atoms with Gasteiger partial charge in [0, 0.05) is 37.2 Å². The molecule has 157 valence electrons. The molecule has 0 saturated heterocycles. The molecule has 3 aromatic heterocycles. The first-order chi connectivity index (χ1) is 12.4. The molecular formula is C17H19Cl2CoN7O2. The minimum absolute atomic E-state index is 0. The van der Waals surface area contributed by atoms with Gasteiger partial charge in [0.25, 0.3) is 0 Å². The van der Waals surface area contributed by atoms with Gasteiger partial charge in [-0.3, -0.25) is 4.98 Å². The van der Waals surface area contributed by atoms with Crippen molar-refractivity contribution >= 4 is 12.4 Å². The first-order valence-electron chi connectivity index (χ1n) is 8.01. The van der Waals surface area contributed by atoms with Crippen molar-refractivity contribution in [2.45, 2.75) is 18.8 Å². The van der Waals surface area contributed by atoms with Crippen LogP contribution in [0.1, 0.15) is 12.0 Å². The zero-order valence-electron chi connectivity index (χ0n) is 15.1. The Hall–Kier alpha value is -2.08. The topological polar surface area (TPSA) is 103 Å². The van der Waals surface area contributed by atoms with E-state index in [2.05, 4.69) is 20.3 Å². The van der Waals surface area contributed by atoms with E-state index in [4.69, 9.17) is 4.74 Å². The summed E-state index contributed by atoms with van der Waals surface area (Å²) in [5, 5.41) is 13.4. The van der Waals surface area contributed by atoms with Gasteiger partial charge in [0.15, 0.2) is 12.8 Å². The number of hydrazone groups is 1. The molecule has 1 aliphatic heterocycles. The quantitative estimate of drug-likeness (QED) is 0.314. The molecule has 0 bridgehead atoms. The molecule has 9 nitrogen and oxygen atoms in total. The van der Waals surface area contributed by atoms with Crippen LogP contribution in [-0.4, -0.2) is 53.7 Å². The molecular weight excluding hydrogens is 464 g/mol. The second-order valence-electron chi connectivity index (χ2n) is 5.58. The van der Waals surface area contributed by atoms with Crippen LogP contribution in [0.25, 0.3) is 0 Å². The second kappa shape index (κ2) is 12.5. The molecule has 0 atom stereocenters. The van der Waals surface area contributed by atoms with Crippen LogP contribution < -0.4 is 24.8 Å². The maximum Gasteiger partial charge on any atom is 2.00 e. The van der Waals surface area contributed by atoms with Gasteiger partial charge in [-0.25, -0.2) is 0 Å². The van der Waals surface area contributed by atoms with Crippen molar-refractivity contribution in [2.24, 2.45) is 5.10 Å². The molecule has 1 N–H and O–H groups in total. The summed E-state index contributed by atoms with van der Waals surface area (Å²) in [5.41, 5.74) is 1.05. The molecule has 0 aromatic carbocycles. The number of ether oxygens (including phenoxy) is 1. The molecule has 4 heterocycles. The van der Waals surface area contributed by atoms with E-state index in [1.807, 2.05) is 63.1 Å². The Kier molecular flexibility index (Phi) is 11.6. The molecule has 0 unspecified atom stereocenters. The van der Waals surface area contributed by atoms with Crippen LogP contribution in [0.5, 0.6) is 0 Å². The molecule has 3 aromatic rings. The SMILES string of the molecule is C1=N[N+](C(COCc2ccncc2)(n2cccn2)n2cccn2)=CC1.[Cl-].[Cl-].[Co+2].[OH-]. The number of halogens is 2. The van der Waals surface area contributed by atoms with Crippen LogP contribution in [0.4, 0.5) is 0 Å². The van der Waals surface area contributed by atoms with Crippen LogP contribution >= 0.6 is 0 Å². The Morgan fingerprint density at radius 1 is 1.00 bits per heavy atom. The van der Waals surface area contributed by atoms with E-state index in [0.29, 0.717) is 13.2 Å².